The minimum atomic E-state index is -0.0491. The summed E-state index contributed by atoms with van der Waals surface area (Å²) in [5.74, 6) is 0.688. The summed E-state index contributed by atoms with van der Waals surface area (Å²) in [5.41, 5.74) is 2.03. The fraction of sp³-hybridized carbons (Fsp3) is 0.280. The van der Waals surface area contributed by atoms with Gasteiger partial charge in [0.2, 0.25) is 5.91 Å². The number of hydrogen-bond donors (Lipinski definition) is 0. The van der Waals surface area contributed by atoms with E-state index in [-0.39, 0.29) is 18.4 Å². The molecule has 5 nitrogen and oxygen atoms in total. The summed E-state index contributed by atoms with van der Waals surface area (Å²) in [5, 5.41) is 2.02. The Kier molecular flexibility index (Phi) is 6.99. The van der Waals surface area contributed by atoms with E-state index in [4.69, 9.17) is 4.74 Å². The molecule has 1 aliphatic heterocycles. The minimum absolute atomic E-state index is 0.0302. The number of hydrogen-bond acceptors (Lipinski definition) is 4. The van der Waals surface area contributed by atoms with Gasteiger partial charge in [0.05, 0.1) is 6.54 Å². The van der Waals surface area contributed by atoms with E-state index >= 15 is 0 Å². The molecule has 1 fully saturated rings. The lowest BCUT2D eigenvalue weighted by atomic mass is 10.1. The van der Waals surface area contributed by atoms with Crippen LogP contribution in [0, 0.1) is 0 Å². The zero-order valence-corrected chi connectivity index (χ0v) is 18.2. The average Bonchev–Trinajstić information content (AvgIpc) is 3.47. The van der Waals surface area contributed by atoms with Gasteiger partial charge in [0.1, 0.15) is 5.75 Å². The van der Waals surface area contributed by atoms with Crippen molar-refractivity contribution in [1.29, 1.82) is 0 Å². The van der Waals surface area contributed by atoms with Crippen molar-refractivity contribution in [2.75, 3.05) is 24.6 Å². The molecule has 0 aliphatic carbocycles. The summed E-state index contributed by atoms with van der Waals surface area (Å²) in [6.45, 7) is 1.91. The van der Waals surface area contributed by atoms with Crippen molar-refractivity contribution in [2.45, 2.75) is 25.8 Å². The number of carbonyl (C=O) groups is 2. The third-order valence-corrected chi connectivity index (χ3v) is 6.22. The van der Waals surface area contributed by atoms with Gasteiger partial charge >= 0.3 is 0 Å². The maximum Gasteiger partial charge on any atom is 0.260 e. The SMILES string of the molecule is O=C(COc1cccc(N2CCCC2=O)c1)N(CCc1ccccc1)Cc1cccs1. The van der Waals surface area contributed by atoms with Crippen LogP contribution in [0.2, 0.25) is 0 Å². The molecule has 3 aromatic rings. The Labute approximate surface area is 186 Å². The lowest BCUT2D eigenvalue weighted by Gasteiger charge is -2.23. The molecule has 0 N–H and O–H groups in total. The number of anilines is 1. The van der Waals surface area contributed by atoms with Gasteiger partial charge in [-0.3, -0.25) is 9.59 Å². The number of benzene rings is 2. The van der Waals surface area contributed by atoms with Gasteiger partial charge in [0.25, 0.3) is 5.91 Å². The van der Waals surface area contributed by atoms with Crippen molar-refractivity contribution >= 4 is 28.8 Å². The fourth-order valence-corrected chi connectivity index (χ4v) is 4.41. The van der Waals surface area contributed by atoms with Crippen LogP contribution >= 0.6 is 11.3 Å². The van der Waals surface area contributed by atoms with E-state index in [1.807, 2.05) is 64.9 Å². The van der Waals surface area contributed by atoms with E-state index in [0.29, 0.717) is 25.3 Å². The number of amides is 2. The highest BCUT2D eigenvalue weighted by atomic mass is 32.1. The Morgan fingerprint density at radius 1 is 1.06 bits per heavy atom. The highest BCUT2D eigenvalue weighted by Gasteiger charge is 2.22. The zero-order valence-electron chi connectivity index (χ0n) is 17.4. The Morgan fingerprint density at radius 3 is 2.68 bits per heavy atom. The molecule has 1 aromatic heterocycles. The molecule has 0 atom stereocenters. The van der Waals surface area contributed by atoms with Gasteiger partial charge in [0, 0.05) is 36.1 Å². The first-order valence-electron chi connectivity index (χ1n) is 10.6. The van der Waals surface area contributed by atoms with E-state index in [1.165, 1.54) is 5.56 Å². The van der Waals surface area contributed by atoms with Crippen molar-refractivity contribution in [3.05, 3.63) is 82.6 Å². The molecule has 4 rings (SSSR count). The molecule has 0 spiro atoms. The molecule has 0 unspecified atom stereocenters. The van der Waals surface area contributed by atoms with Gasteiger partial charge in [-0.05, 0) is 42.0 Å². The van der Waals surface area contributed by atoms with Crippen LogP contribution in [0.15, 0.2) is 72.1 Å². The van der Waals surface area contributed by atoms with Crippen LogP contribution in [0.4, 0.5) is 5.69 Å². The predicted octanol–water partition coefficient (Wildman–Crippen LogP) is 4.53. The lowest BCUT2D eigenvalue weighted by Crippen LogP contribution is -2.35. The van der Waals surface area contributed by atoms with E-state index in [0.717, 1.165) is 30.0 Å². The summed E-state index contributed by atoms with van der Waals surface area (Å²) < 4.78 is 5.83. The fourth-order valence-electron chi connectivity index (χ4n) is 3.69. The molecule has 31 heavy (non-hydrogen) atoms. The van der Waals surface area contributed by atoms with Crippen LogP contribution in [0.25, 0.3) is 0 Å². The van der Waals surface area contributed by atoms with Crippen LogP contribution in [-0.4, -0.2) is 36.4 Å². The largest absolute Gasteiger partial charge is 0.484 e. The van der Waals surface area contributed by atoms with Gasteiger partial charge in [-0.15, -0.1) is 11.3 Å². The van der Waals surface area contributed by atoms with E-state index in [2.05, 4.69) is 12.1 Å². The number of nitrogens with zero attached hydrogens (tertiary/aromatic N) is 2. The molecule has 0 radical (unpaired) electrons. The highest BCUT2D eigenvalue weighted by molar-refractivity contribution is 7.09. The van der Waals surface area contributed by atoms with Gasteiger partial charge < -0.3 is 14.5 Å². The first-order chi connectivity index (χ1) is 15.2. The van der Waals surface area contributed by atoms with Crippen molar-refractivity contribution in [1.82, 2.24) is 4.90 Å². The third kappa shape index (κ3) is 5.73. The van der Waals surface area contributed by atoms with Crippen LogP contribution < -0.4 is 9.64 Å². The standard InChI is InChI=1S/C25H26N2O3S/c28-24-12-5-14-27(24)21-9-4-10-22(17-21)30-19-25(29)26(18-23-11-6-16-31-23)15-13-20-7-2-1-3-8-20/h1-4,6-11,16-17H,5,12-15,18-19H2. The van der Waals surface area contributed by atoms with Gasteiger partial charge in [-0.25, -0.2) is 0 Å². The molecule has 2 amide bonds. The summed E-state index contributed by atoms with van der Waals surface area (Å²) >= 11 is 1.65. The molecular formula is C25H26N2O3S. The average molecular weight is 435 g/mol. The van der Waals surface area contributed by atoms with E-state index in [9.17, 15) is 9.59 Å². The van der Waals surface area contributed by atoms with Gasteiger partial charge in [0.15, 0.2) is 6.61 Å². The summed E-state index contributed by atoms with van der Waals surface area (Å²) in [6.07, 6.45) is 2.26. The molecular weight excluding hydrogens is 408 g/mol. The first-order valence-corrected chi connectivity index (χ1v) is 11.4. The molecule has 1 aliphatic rings. The Hall–Kier alpha value is -3.12. The summed E-state index contributed by atoms with van der Waals surface area (Å²) in [7, 11) is 0. The molecule has 0 bridgehead atoms. The quantitative estimate of drug-likeness (QED) is 0.497. The predicted molar refractivity (Wildman–Crippen MR) is 123 cm³/mol. The van der Waals surface area contributed by atoms with Crippen molar-refractivity contribution in [2.24, 2.45) is 0 Å². The lowest BCUT2D eigenvalue weighted by molar-refractivity contribution is -0.134. The van der Waals surface area contributed by atoms with Crippen LogP contribution in [0.5, 0.6) is 5.75 Å². The van der Waals surface area contributed by atoms with Crippen LogP contribution in [0.1, 0.15) is 23.3 Å². The second-order valence-electron chi connectivity index (χ2n) is 7.57. The second-order valence-corrected chi connectivity index (χ2v) is 8.60. The smallest absolute Gasteiger partial charge is 0.260 e. The highest BCUT2D eigenvalue weighted by Crippen LogP contribution is 2.25. The first kappa shape index (κ1) is 21.1. The Bertz CT molecular complexity index is 1000. The number of thiophene rings is 1. The summed E-state index contributed by atoms with van der Waals surface area (Å²) in [6, 6.07) is 21.7. The number of carbonyl (C=O) groups excluding carboxylic acids is 2. The van der Waals surface area contributed by atoms with Crippen molar-refractivity contribution in [3.63, 3.8) is 0 Å². The second kappa shape index (κ2) is 10.3. The molecule has 2 heterocycles. The molecule has 1 saturated heterocycles. The number of rotatable bonds is 9. The van der Waals surface area contributed by atoms with E-state index in [1.54, 1.807) is 16.2 Å². The molecule has 6 heteroatoms. The summed E-state index contributed by atoms with van der Waals surface area (Å²) in [4.78, 5) is 29.8. The van der Waals surface area contributed by atoms with Crippen molar-refractivity contribution < 1.29 is 14.3 Å². The Morgan fingerprint density at radius 2 is 1.94 bits per heavy atom. The maximum atomic E-state index is 13.0. The van der Waals surface area contributed by atoms with Crippen LogP contribution in [0.3, 0.4) is 0 Å². The maximum absolute atomic E-state index is 13.0. The van der Waals surface area contributed by atoms with Crippen molar-refractivity contribution in [3.8, 4) is 5.75 Å². The van der Waals surface area contributed by atoms with E-state index < -0.39 is 0 Å². The molecule has 0 saturated carbocycles. The topological polar surface area (TPSA) is 49.9 Å². The molecule has 2 aromatic carbocycles. The monoisotopic (exact) mass is 434 g/mol. The molecule has 160 valence electrons. The van der Waals surface area contributed by atoms with Gasteiger partial charge in [-0.1, -0.05) is 42.5 Å². The Balaban J connectivity index is 1.39. The third-order valence-electron chi connectivity index (χ3n) is 5.36. The number of ether oxygens (including phenoxy) is 1. The minimum Gasteiger partial charge on any atom is -0.484 e. The van der Waals surface area contributed by atoms with Gasteiger partial charge in [-0.2, -0.15) is 0 Å². The normalized spacial score (nSPS) is 13.4. The van der Waals surface area contributed by atoms with Crippen LogP contribution in [-0.2, 0) is 22.6 Å². The zero-order chi connectivity index (χ0) is 21.5.